The first kappa shape index (κ1) is 13.7. The fourth-order valence-electron chi connectivity index (χ4n) is 2.45. The van der Waals surface area contributed by atoms with E-state index in [2.05, 4.69) is 29.4 Å². The van der Waals surface area contributed by atoms with Crippen molar-refractivity contribution in [1.82, 2.24) is 10.2 Å². The lowest BCUT2D eigenvalue weighted by Gasteiger charge is -2.37. The zero-order chi connectivity index (χ0) is 13.0. The highest BCUT2D eigenvalue weighted by Gasteiger charge is 2.27. The molecule has 1 saturated heterocycles. The van der Waals surface area contributed by atoms with E-state index in [1.54, 1.807) is 7.11 Å². The number of hydrogen-bond donors (Lipinski definition) is 1. The Balaban J connectivity index is 2.15. The van der Waals surface area contributed by atoms with Gasteiger partial charge in [-0.1, -0.05) is 12.1 Å². The lowest BCUT2D eigenvalue weighted by Crippen LogP contribution is -2.47. The molecule has 0 aliphatic carbocycles. The summed E-state index contributed by atoms with van der Waals surface area (Å²) in [5.74, 6) is 3.35. The molecule has 1 aromatic carbocycles. The molecule has 1 heterocycles. The molecule has 3 nitrogen and oxygen atoms in total. The van der Waals surface area contributed by atoms with Crippen LogP contribution in [0.5, 0.6) is 5.75 Å². The number of likely N-dealkylation sites (N-methyl/N-ethyl adjacent to an activating group) is 2. The summed E-state index contributed by atoms with van der Waals surface area (Å²) >= 11 is 2.05. The Morgan fingerprint density at radius 3 is 2.67 bits per heavy atom. The number of nitrogens with one attached hydrogen (secondary N) is 1. The maximum absolute atomic E-state index is 5.21. The molecule has 1 aromatic rings. The number of nitrogens with zero attached hydrogens (tertiary/aromatic N) is 1. The molecular weight excluding hydrogens is 244 g/mol. The quantitative estimate of drug-likeness (QED) is 0.901. The monoisotopic (exact) mass is 266 g/mol. The van der Waals surface area contributed by atoms with Gasteiger partial charge in [-0.2, -0.15) is 11.8 Å². The van der Waals surface area contributed by atoms with Crippen LogP contribution in [0.15, 0.2) is 24.3 Å². The Hall–Kier alpha value is -0.710. The number of ether oxygens (including phenoxy) is 1. The van der Waals surface area contributed by atoms with Crippen LogP contribution in [0, 0.1) is 0 Å². The van der Waals surface area contributed by atoms with Gasteiger partial charge in [-0.25, -0.2) is 0 Å². The molecule has 100 valence electrons. The van der Waals surface area contributed by atoms with Gasteiger partial charge >= 0.3 is 0 Å². The van der Waals surface area contributed by atoms with Crippen LogP contribution in [0.25, 0.3) is 0 Å². The molecule has 4 heteroatoms. The summed E-state index contributed by atoms with van der Waals surface area (Å²) in [6.07, 6.45) is 0. The van der Waals surface area contributed by atoms with Crippen molar-refractivity contribution < 1.29 is 4.74 Å². The molecule has 0 saturated carbocycles. The van der Waals surface area contributed by atoms with E-state index in [0.29, 0.717) is 12.1 Å². The van der Waals surface area contributed by atoms with Crippen LogP contribution < -0.4 is 10.1 Å². The first-order valence-corrected chi connectivity index (χ1v) is 7.51. The molecule has 1 aliphatic rings. The average Bonchev–Trinajstić information content (AvgIpc) is 2.42. The first-order chi connectivity index (χ1) is 8.76. The van der Waals surface area contributed by atoms with Crippen LogP contribution in [-0.4, -0.2) is 50.2 Å². The van der Waals surface area contributed by atoms with Crippen molar-refractivity contribution >= 4 is 11.8 Å². The van der Waals surface area contributed by atoms with Gasteiger partial charge in [-0.05, 0) is 31.8 Å². The molecule has 2 unspecified atom stereocenters. The number of benzene rings is 1. The van der Waals surface area contributed by atoms with E-state index in [4.69, 9.17) is 4.74 Å². The van der Waals surface area contributed by atoms with Gasteiger partial charge in [0.25, 0.3) is 0 Å². The van der Waals surface area contributed by atoms with Crippen molar-refractivity contribution in [2.45, 2.75) is 12.1 Å². The van der Waals surface area contributed by atoms with Crippen molar-refractivity contribution in [2.24, 2.45) is 0 Å². The predicted molar refractivity (Wildman–Crippen MR) is 78.5 cm³/mol. The Morgan fingerprint density at radius 1 is 1.39 bits per heavy atom. The standard InChI is InChI=1S/C14H22N2OS/c1-15-14(13-10-18-9-8-16(13)2)11-4-6-12(17-3)7-5-11/h4-7,13-15H,8-10H2,1-3H3. The second kappa shape index (κ2) is 6.45. The number of hydrogen-bond acceptors (Lipinski definition) is 4. The van der Waals surface area contributed by atoms with Crippen LogP contribution >= 0.6 is 11.8 Å². The lowest BCUT2D eigenvalue weighted by atomic mass is 9.99. The summed E-state index contributed by atoms with van der Waals surface area (Å²) in [5, 5.41) is 3.46. The minimum absolute atomic E-state index is 0.383. The SMILES string of the molecule is CNC(c1ccc(OC)cc1)C1CSCCN1C. The molecule has 2 atom stereocenters. The summed E-state index contributed by atoms with van der Waals surface area (Å²) in [6.45, 7) is 1.17. The zero-order valence-corrected chi connectivity index (χ0v) is 12.2. The van der Waals surface area contributed by atoms with Gasteiger partial charge in [0.05, 0.1) is 7.11 Å². The van der Waals surface area contributed by atoms with Crippen LogP contribution in [0.1, 0.15) is 11.6 Å². The summed E-state index contributed by atoms with van der Waals surface area (Å²) in [5.41, 5.74) is 1.33. The van der Waals surface area contributed by atoms with Gasteiger partial charge in [0.1, 0.15) is 5.75 Å². The summed E-state index contributed by atoms with van der Waals surface area (Å²) in [6, 6.07) is 9.33. The smallest absolute Gasteiger partial charge is 0.118 e. The van der Waals surface area contributed by atoms with Gasteiger partial charge in [0.2, 0.25) is 0 Å². The van der Waals surface area contributed by atoms with E-state index in [1.807, 2.05) is 30.9 Å². The molecule has 0 bridgehead atoms. The maximum Gasteiger partial charge on any atom is 0.118 e. The molecule has 1 fully saturated rings. The molecule has 0 spiro atoms. The maximum atomic E-state index is 5.21. The second-order valence-corrected chi connectivity index (χ2v) is 5.81. The van der Waals surface area contributed by atoms with Gasteiger partial charge in [-0.15, -0.1) is 0 Å². The van der Waals surface area contributed by atoms with Crippen LogP contribution in [0.4, 0.5) is 0 Å². The van der Waals surface area contributed by atoms with E-state index >= 15 is 0 Å². The third kappa shape index (κ3) is 2.99. The van der Waals surface area contributed by atoms with E-state index in [0.717, 1.165) is 5.75 Å². The molecule has 18 heavy (non-hydrogen) atoms. The third-order valence-electron chi connectivity index (χ3n) is 3.61. The van der Waals surface area contributed by atoms with Gasteiger partial charge in [0, 0.05) is 30.1 Å². The zero-order valence-electron chi connectivity index (χ0n) is 11.3. The molecular formula is C14H22N2OS. The third-order valence-corrected chi connectivity index (χ3v) is 4.66. The van der Waals surface area contributed by atoms with Gasteiger partial charge < -0.3 is 10.1 Å². The molecule has 2 rings (SSSR count). The summed E-state index contributed by atoms with van der Waals surface area (Å²) in [4.78, 5) is 2.46. The average molecular weight is 266 g/mol. The Morgan fingerprint density at radius 2 is 2.11 bits per heavy atom. The highest BCUT2D eigenvalue weighted by atomic mass is 32.2. The Kier molecular flexibility index (Phi) is 4.92. The van der Waals surface area contributed by atoms with Crippen molar-refractivity contribution in [2.75, 3.05) is 39.3 Å². The molecule has 1 aliphatic heterocycles. The van der Waals surface area contributed by atoms with Crippen molar-refractivity contribution in [1.29, 1.82) is 0 Å². The minimum Gasteiger partial charge on any atom is -0.497 e. The number of thioether (sulfide) groups is 1. The van der Waals surface area contributed by atoms with Gasteiger partial charge in [0.15, 0.2) is 0 Å². The Labute approximate surface area is 114 Å². The fourth-order valence-corrected chi connectivity index (χ4v) is 3.72. The number of rotatable bonds is 4. The second-order valence-electron chi connectivity index (χ2n) is 4.66. The molecule has 1 N–H and O–H groups in total. The van der Waals surface area contributed by atoms with Crippen LogP contribution in [-0.2, 0) is 0 Å². The van der Waals surface area contributed by atoms with E-state index in [9.17, 15) is 0 Å². The van der Waals surface area contributed by atoms with Crippen molar-refractivity contribution in [3.8, 4) is 5.75 Å². The summed E-state index contributed by atoms with van der Waals surface area (Å²) in [7, 11) is 5.97. The van der Waals surface area contributed by atoms with Crippen molar-refractivity contribution in [3.05, 3.63) is 29.8 Å². The highest BCUT2D eigenvalue weighted by molar-refractivity contribution is 7.99. The van der Waals surface area contributed by atoms with E-state index in [1.165, 1.54) is 23.6 Å². The van der Waals surface area contributed by atoms with Crippen molar-refractivity contribution in [3.63, 3.8) is 0 Å². The fraction of sp³-hybridized carbons (Fsp3) is 0.571. The van der Waals surface area contributed by atoms with E-state index in [-0.39, 0.29) is 0 Å². The van der Waals surface area contributed by atoms with E-state index < -0.39 is 0 Å². The molecule has 0 amide bonds. The number of methoxy groups -OCH3 is 1. The normalized spacial score (nSPS) is 22.7. The Bertz CT molecular complexity index is 369. The summed E-state index contributed by atoms with van der Waals surface area (Å²) < 4.78 is 5.21. The first-order valence-electron chi connectivity index (χ1n) is 6.35. The topological polar surface area (TPSA) is 24.5 Å². The van der Waals surface area contributed by atoms with Gasteiger partial charge in [-0.3, -0.25) is 4.90 Å². The molecule has 0 aromatic heterocycles. The highest BCUT2D eigenvalue weighted by Crippen LogP contribution is 2.27. The molecule has 0 radical (unpaired) electrons. The largest absolute Gasteiger partial charge is 0.497 e. The van der Waals surface area contributed by atoms with Crippen LogP contribution in [0.3, 0.4) is 0 Å². The minimum atomic E-state index is 0.383. The van der Waals surface area contributed by atoms with Crippen LogP contribution in [0.2, 0.25) is 0 Å². The predicted octanol–water partition coefficient (Wildman–Crippen LogP) is 2.00. The lowest BCUT2D eigenvalue weighted by molar-refractivity contribution is 0.221.